The lowest BCUT2D eigenvalue weighted by Gasteiger charge is -2.29. The number of hydrogen-bond donors (Lipinski definition) is 0. The minimum absolute atomic E-state index is 0.0485. The van der Waals surface area contributed by atoms with Crippen molar-refractivity contribution in [2.75, 3.05) is 10.8 Å². The van der Waals surface area contributed by atoms with Gasteiger partial charge in [-0.2, -0.15) is 18.4 Å². The number of anilines is 1. The third kappa shape index (κ3) is 2.19. The average Bonchev–Trinajstić information content (AvgIpc) is 3.10. The van der Waals surface area contributed by atoms with Gasteiger partial charge in [0.1, 0.15) is 11.4 Å². The Morgan fingerprint density at radius 3 is 2.69 bits per heavy atom. The minimum atomic E-state index is -4.79. The van der Waals surface area contributed by atoms with E-state index in [9.17, 15) is 26.0 Å². The van der Waals surface area contributed by atoms with Crippen LogP contribution in [0.4, 0.5) is 23.2 Å². The van der Waals surface area contributed by atoms with Crippen LogP contribution >= 0.6 is 0 Å². The number of hydrogen-bond acceptors (Lipinski definition) is 4. The number of halogens is 4. The van der Waals surface area contributed by atoms with Crippen molar-refractivity contribution in [3.63, 3.8) is 0 Å². The highest BCUT2D eigenvalue weighted by Crippen LogP contribution is 2.55. The summed E-state index contributed by atoms with van der Waals surface area (Å²) >= 11 is 0. The van der Waals surface area contributed by atoms with Crippen molar-refractivity contribution in [2.45, 2.75) is 42.6 Å². The quantitative estimate of drug-likeness (QED) is 0.692. The molecule has 4 rings (SSSR count). The topological polar surface area (TPSA) is 70.4 Å². The molecule has 3 aliphatic heterocycles. The van der Waals surface area contributed by atoms with Crippen molar-refractivity contribution >= 4 is 15.7 Å². The highest BCUT2D eigenvalue weighted by molar-refractivity contribution is 7.93. The molecule has 140 valence electrons. The maximum atomic E-state index is 14.1. The van der Waals surface area contributed by atoms with E-state index in [0.29, 0.717) is 6.07 Å². The van der Waals surface area contributed by atoms with Gasteiger partial charge in [0.05, 0.1) is 34.6 Å². The monoisotopic (exact) mass is 390 g/mol. The van der Waals surface area contributed by atoms with E-state index in [1.807, 2.05) is 0 Å². The molecule has 0 saturated carbocycles. The van der Waals surface area contributed by atoms with Crippen LogP contribution in [0.5, 0.6) is 0 Å². The molecule has 3 heterocycles. The molecular formula is C16H14F4N2O3S. The van der Waals surface area contributed by atoms with E-state index in [-0.39, 0.29) is 18.7 Å². The van der Waals surface area contributed by atoms with Gasteiger partial charge in [-0.25, -0.2) is 12.8 Å². The van der Waals surface area contributed by atoms with Crippen LogP contribution < -0.4 is 4.31 Å². The highest BCUT2D eigenvalue weighted by Gasteiger charge is 2.70. The lowest BCUT2D eigenvalue weighted by Crippen LogP contribution is -2.46. The Hall–Kier alpha value is -1.86. The number of nitrogens with zero attached hydrogens (tertiary/aromatic N) is 2. The van der Waals surface area contributed by atoms with Crippen LogP contribution in [0.3, 0.4) is 0 Å². The molecule has 0 radical (unpaired) electrons. The second kappa shape index (κ2) is 5.10. The predicted molar refractivity (Wildman–Crippen MR) is 82.5 cm³/mol. The number of ether oxygens (including phenoxy) is 1. The molecule has 0 spiro atoms. The van der Waals surface area contributed by atoms with Crippen molar-refractivity contribution in [1.29, 1.82) is 5.26 Å². The fourth-order valence-electron chi connectivity index (χ4n) is 4.54. The number of fused-ring (bicyclic) bond motifs is 5. The molecule has 3 aliphatic rings. The molecule has 5 nitrogen and oxygen atoms in total. The van der Waals surface area contributed by atoms with Crippen LogP contribution in [0.1, 0.15) is 24.5 Å². The summed E-state index contributed by atoms with van der Waals surface area (Å²) in [4.78, 5) is 0. The number of nitriles is 1. The highest BCUT2D eigenvalue weighted by atomic mass is 32.2. The summed E-state index contributed by atoms with van der Waals surface area (Å²) in [5.41, 5.74) is -3.14. The molecule has 3 saturated heterocycles. The molecule has 1 aromatic carbocycles. The third-order valence-corrected chi connectivity index (χ3v) is 7.96. The maximum Gasteiger partial charge on any atom is 0.417 e. The zero-order valence-electron chi connectivity index (χ0n) is 13.5. The summed E-state index contributed by atoms with van der Waals surface area (Å²) in [5.74, 6) is -0.640. The lowest BCUT2D eigenvalue weighted by atomic mass is 9.80. The van der Waals surface area contributed by atoms with Crippen molar-refractivity contribution in [2.24, 2.45) is 5.92 Å². The minimum Gasteiger partial charge on any atom is -0.367 e. The summed E-state index contributed by atoms with van der Waals surface area (Å²) in [7, 11) is -4.02. The first-order valence-corrected chi connectivity index (χ1v) is 9.44. The van der Waals surface area contributed by atoms with Gasteiger partial charge in [0.2, 0.25) is 10.0 Å². The van der Waals surface area contributed by atoms with Crippen LogP contribution in [0.25, 0.3) is 0 Å². The largest absolute Gasteiger partial charge is 0.417 e. The fraction of sp³-hybridized carbons (Fsp3) is 0.562. The first kappa shape index (κ1) is 17.5. The molecule has 0 N–H and O–H groups in total. The normalized spacial score (nSPS) is 37.6. The SMILES string of the molecule is C[C@@]12C[C@H](F)[C@@H](O1)C1CN(c3ccc(C#N)c(C(F)(F)F)c3)S(=O)(=O)C12. The van der Waals surface area contributed by atoms with Crippen LogP contribution in [-0.2, 0) is 20.9 Å². The molecule has 26 heavy (non-hydrogen) atoms. The second-order valence-electron chi connectivity index (χ2n) is 7.12. The van der Waals surface area contributed by atoms with E-state index in [2.05, 4.69) is 0 Å². The Balaban J connectivity index is 1.78. The zero-order chi connectivity index (χ0) is 19.1. The summed E-state index contributed by atoms with van der Waals surface area (Å²) in [6.07, 6.45) is -7.00. The van der Waals surface area contributed by atoms with Crippen molar-refractivity contribution in [3.05, 3.63) is 29.3 Å². The Kier molecular flexibility index (Phi) is 3.45. The molecule has 2 unspecified atom stereocenters. The lowest BCUT2D eigenvalue weighted by molar-refractivity contribution is -0.137. The van der Waals surface area contributed by atoms with E-state index in [1.165, 1.54) is 19.1 Å². The molecule has 5 atom stereocenters. The van der Waals surface area contributed by atoms with Crippen molar-refractivity contribution < 1.29 is 30.7 Å². The van der Waals surface area contributed by atoms with E-state index in [1.54, 1.807) is 0 Å². The van der Waals surface area contributed by atoms with Crippen LogP contribution in [-0.4, -0.2) is 38.1 Å². The summed E-state index contributed by atoms with van der Waals surface area (Å²) in [6.45, 7) is 1.39. The molecule has 0 aromatic heterocycles. The van der Waals surface area contributed by atoms with E-state index < -0.39 is 56.4 Å². The Labute approximate surface area is 147 Å². The molecule has 0 aliphatic carbocycles. The standard InChI is InChI=1S/C16H14F4N2O3S/c1-15-5-12(17)13(25-15)10-7-22(26(23,24)14(10)15)9-3-2-8(6-21)11(4-9)16(18,19)20/h2-4,10,12-14H,5,7H2,1H3/t10?,12-,13-,14?,15-/m0/s1. The Morgan fingerprint density at radius 2 is 2.08 bits per heavy atom. The first-order valence-electron chi connectivity index (χ1n) is 7.94. The van der Waals surface area contributed by atoms with Gasteiger partial charge in [0.15, 0.2) is 0 Å². The van der Waals surface area contributed by atoms with Gasteiger partial charge in [-0.1, -0.05) is 0 Å². The molecule has 2 bridgehead atoms. The number of sulfonamides is 1. The number of rotatable bonds is 1. The average molecular weight is 390 g/mol. The summed E-state index contributed by atoms with van der Waals surface area (Å²) in [6, 6.07) is 4.24. The zero-order valence-corrected chi connectivity index (χ0v) is 14.3. The van der Waals surface area contributed by atoms with Gasteiger partial charge in [0.25, 0.3) is 0 Å². The predicted octanol–water partition coefficient (Wildman–Crippen LogP) is 2.61. The molecule has 3 fully saturated rings. The van der Waals surface area contributed by atoms with Gasteiger partial charge < -0.3 is 4.74 Å². The van der Waals surface area contributed by atoms with Gasteiger partial charge in [-0.05, 0) is 25.1 Å². The van der Waals surface area contributed by atoms with Crippen molar-refractivity contribution in [1.82, 2.24) is 0 Å². The smallest absolute Gasteiger partial charge is 0.367 e. The second-order valence-corrected chi connectivity index (χ2v) is 9.09. The van der Waals surface area contributed by atoms with Crippen molar-refractivity contribution in [3.8, 4) is 6.07 Å². The molecular weight excluding hydrogens is 376 g/mol. The summed E-state index contributed by atoms with van der Waals surface area (Å²) in [5, 5.41) is 7.88. The van der Waals surface area contributed by atoms with Gasteiger partial charge in [-0.15, -0.1) is 0 Å². The summed E-state index contributed by atoms with van der Waals surface area (Å²) < 4.78 is 86.0. The van der Waals surface area contributed by atoms with E-state index in [4.69, 9.17) is 10.00 Å². The number of alkyl halides is 4. The Bertz CT molecular complexity index is 926. The van der Waals surface area contributed by atoms with E-state index >= 15 is 0 Å². The first-order chi connectivity index (χ1) is 12.0. The maximum absolute atomic E-state index is 14.1. The molecule has 1 aromatic rings. The number of benzene rings is 1. The molecule has 10 heteroatoms. The van der Waals surface area contributed by atoms with Gasteiger partial charge in [-0.3, -0.25) is 4.31 Å². The van der Waals surface area contributed by atoms with Gasteiger partial charge in [0, 0.05) is 18.9 Å². The van der Waals surface area contributed by atoms with Gasteiger partial charge >= 0.3 is 6.18 Å². The van der Waals surface area contributed by atoms with E-state index in [0.717, 1.165) is 10.4 Å². The van der Waals surface area contributed by atoms with Crippen LogP contribution in [0.15, 0.2) is 18.2 Å². The fourth-order valence-corrected chi connectivity index (χ4v) is 7.07. The van der Waals surface area contributed by atoms with Crippen LogP contribution in [0, 0.1) is 17.2 Å². The third-order valence-electron chi connectivity index (χ3n) is 5.50. The molecule has 0 amide bonds. The Morgan fingerprint density at radius 1 is 1.38 bits per heavy atom. The van der Waals surface area contributed by atoms with Crippen LogP contribution in [0.2, 0.25) is 0 Å².